The highest BCUT2D eigenvalue weighted by molar-refractivity contribution is 9.10. The first-order valence-corrected chi connectivity index (χ1v) is 6.19. The number of carbonyl (C=O) groups excluding carboxylic acids is 1. The van der Waals surface area contributed by atoms with Gasteiger partial charge in [0.15, 0.2) is 0 Å². The summed E-state index contributed by atoms with van der Waals surface area (Å²) in [6.45, 7) is 2.04. The van der Waals surface area contributed by atoms with E-state index in [1.165, 1.54) is 0 Å². The Morgan fingerprint density at radius 3 is 2.82 bits per heavy atom. The first-order valence-electron chi connectivity index (χ1n) is 5.40. The third kappa shape index (κ3) is 2.32. The quantitative estimate of drug-likeness (QED) is 0.912. The number of nitriles is 1. The molecule has 0 saturated heterocycles. The molecule has 4 nitrogen and oxygen atoms in total. The molecule has 0 bridgehead atoms. The molecule has 5 heteroatoms. The SMILES string of the molecule is CC1CC(C#N)(C(=O)Nc2ccc(Br)cn2)C1. The van der Waals surface area contributed by atoms with E-state index < -0.39 is 5.41 Å². The summed E-state index contributed by atoms with van der Waals surface area (Å²) >= 11 is 3.27. The largest absolute Gasteiger partial charge is 0.309 e. The van der Waals surface area contributed by atoms with Gasteiger partial charge in [-0.05, 0) is 46.8 Å². The number of hydrogen-bond donors (Lipinski definition) is 1. The molecule has 1 heterocycles. The van der Waals surface area contributed by atoms with Crippen LogP contribution in [0.2, 0.25) is 0 Å². The molecule has 17 heavy (non-hydrogen) atoms. The molecule has 0 atom stereocenters. The number of rotatable bonds is 2. The third-order valence-electron chi connectivity index (χ3n) is 3.01. The van der Waals surface area contributed by atoms with Gasteiger partial charge >= 0.3 is 0 Å². The standard InChI is InChI=1S/C12H12BrN3O/c1-8-4-12(5-8,7-14)11(17)16-10-3-2-9(13)6-15-10/h2-3,6,8H,4-5H2,1H3,(H,15,16,17). The molecule has 0 aromatic carbocycles. The number of nitrogens with one attached hydrogen (secondary N) is 1. The lowest BCUT2D eigenvalue weighted by Gasteiger charge is -2.38. The second kappa shape index (κ2) is 4.46. The summed E-state index contributed by atoms with van der Waals surface area (Å²) in [7, 11) is 0. The Hall–Kier alpha value is -1.41. The Morgan fingerprint density at radius 1 is 1.65 bits per heavy atom. The second-order valence-corrected chi connectivity index (χ2v) is 5.44. The van der Waals surface area contributed by atoms with Crippen molar-refractivity contribution < 1.29 is 4.79 Å². The van der Waals surface area contributed by atoms with Crippen LogP contribution in [0, 0.1) is 22.7 Å². The van der Waals surface area contributed by atoms with Crippen molar-refractivity contribution in [3.8, 4) is 6.07 Å². The Balaban J connectivity index is 2.07. The molecule has 1 N–H and O–H groups in total. The van der Waals surface area contributed by atoms with Crippen LogP contribution >= 0.6 is 15.9 Å². The Labute approximate surface area is 108 Å². The van der Waals surface area contributed by atoms with Crippen LogP contribution in [0.15, 0.2) is 22.8 Å². The van der Waals surface area contributed by atoms with Crippen molar-refractivity contribution in [2.75, 3.05) is 5.32 Å². The van der Waals surface area contributed by atoms with Gasteiger partial charge in [0.1, 0.15) is 11.2 Å². The number of hydrogen-bond acceptors (Lipinski definition) is 3. The summed E-state index contributed by atoms with van der Waals surface area (Å²) in [5, 5.41) is 11.8. The lowest BCUT2D eigenvalue weighted by Crippen LogP contribution is -2.45. The van der Waals surface area contributed by atoms with Crippen molar-refractivity contribution >= 4 is 27.7 Å². The number of amides is 1. The zero-order valence-electron chi connectivity index (χ0n) is 9.40. The number of halogens is 1. The number of nitrogens with zero attached hydrogens (tertiary/aromatic N) is 2. The van der Waals surface area contributed by atoms with Gasteiger partial charge in [0, 0.05) is 10.7 Å². The Bertz CT molecular complexity index is 472. The third-order valence-corrected chi connectivity index (χ3v) is 3.48. The molecule has 1 amide bonds. The molecule has 0 unspecified atom stereocenters. The maximum absolute atomic E-state index is 12.0. The maximum Gasteiger partial charge on any atom is 0.246 e. The second-order valence-electron chi connectivity index (χ2n) is 4.52. The van der Waals surface area contributed by atoms with Crippen molar-refractivity contribution in [2.45, 2.75) is 19.8 Å². The van der Waals surface area contributed by atoms with Gasteiger partial charge in [0.2, 0.25) is 5.91 Å². The van der Waals surface area contributed by atoms with E-state index in [0.29, 0.717) is 24.6 Å². The average Bonchev–Trinajstić information content (AvgIpc) is 2.27. The van der Waals surface area contributed by atoms with E-state index in [1.807, 2.05) is 6.92 Å². The Morgan fingerprint density at radius 2 is 2.35 bits per heavy atom. The van der Waals surface area contributed by atoms with Gasteiger partial charge in [-0.1, -0.05) is 6.92 Å². The topological polar surface area (TPSA) is 65.8 Å². The van der Waals surface area contributed by atoms with Gasteiger partial charge in [-0.3, -0.25) is 4.79 Å². The highest BCUT2D eigenvalue weighted by atomic mass is 79.9. The minimum absolute atomic E-state index is 0.243. The van der Waals surface area contributed by atoms with Crippen molar-refractivity contribution in [1.29, 1.82) is 5.26 Å². The lowest BCUT2D eigenvalue weighted by atomic mass is 9.63. The van der Waals surface area contributed by atoms with Crippen molar-refractivity contribution in [3.63, 3.8) is 0 Å². The summed E-state index contributed by atoms with van der Waals surface area (Å²) in [4.78, 5) is 16.0. The molecule has 0 aliphatic heterocycles. The van der Waals surface area contributed by atoms with Crippen molar-refractivity contribution in [2.24, 2.45) is 11.3 Å². The van der Waals surface area contributed by atoms with E-state index in [4.69, 9.17) is 5.26 Å². The van der Waals surface area contributed by atoms with Crippen LogP contribution in [0.1, 0.15) is 19.8 Å². The fraction of sp³-hybridized carbons (Fsp3) is 0.417. The monoisotopic (exact) mass is 293 g/mol. The van der Waals surface area contributed by atoms with Crippen LogP contribution in [-0.4, -0.2) is 10.9 Å². The van der Waals surface area contributed by atoms with Gasteiger partial charge in [-0.25, -0.2) is 4.98 Å². The fourth-order valence-corrected chi connectivity index (χ4v) is 2.38. The molecule has 1 aromatic rings. The minimum atomic E-state index is -0.853. The molecule has 1 aromatic heterocycles. The summed E-state index contributed by atoms with van der Waals surface area (Å²) in [5.74, 6) is 0.679. The number of pyridine rings is 1. The number of carbonyl (C=O) groups is 1. The zero-order valence-corrected chi connectivity index (χ0v) is 11.0. The predicted octanol–water partition coefficient (Wildman–Crippen LogP) is 2.72. The van der Waals surface area contributed by atoms with E-state index >= 15 is 0 Å². The van der Waals surface area contributed by atoms with E-state index in [2.05, 4.69) is 32.3 Å². The summed E-state index contributed by atoms with van der Waals surface area (Å²) in [6, 6.07) is 5.63. The minimum Gasteiger partial charge on any atom is -0.309 e. The summed E-state index contributed by atoms with van der Waals surface area (Å²) in [5.41, 5.74) is -0.853. The molecule has 2 rings (SSSR count). The molecule has 1 aliphatic rings. The Kier molecular flexibility index (Phi) is 3.16. The molecule has 0 spiro atoms. The van der Waals surface area contributed by atoms with Crippen LogP contribution in [0.5, 0.6) is 0 Å². The van der Waals surface area contributed by atoms with Crippen LogP contribution in [0.3, 0.4) is 0 Å². The summed E-state index contributed by atoms with van der Waals surface area (Å²) in [6.07, 6.45) is 2.87. The maximum atomic E-state index is 12.0. The highest BCUT2D eigenvalue weighted by Crippen LogP contribution is 2.45. The van der Waals surface area contributed by atoms with Crippen LogP contribution in [-0.2, 0) is 4.79 Å². The van der Waals surface area contributed by atoms with Gasteiger partial charge in [0.05, 0.1) is 6.07 Å². The van der Waals surface area contributed by atoms with Gasteiger partial charge in [-0.2, -0.15) is 5.26 Å². The van der Waals surface area contributed by atoms with E-state index in [9.17, 15) is 4.79 Å². The molecular weight excluding hydrogens is 282 g/mol. The zero-order chi connectivity index (χ0) is 12.5. The first kappa shape index (κ1) is 12.1. The van der Waals surface area contributed by atoms with E-state index in [1.54, 1.807) is 18.3 Å². The van der Waals surface area contributed by atoms with Crippen molar-refractivity contribution in [3.05, 3.63) is 22.8 Å². The van der Waals surface area contributed by atoms with Gasteiger partial charge < -0.3 is 5.32 Å². The highest BCUT2D eigenvalue weighted by Gasteiger charge is 2.49. The van der Waals surface area contributed by atoms with Crippen molar-refractivity contribution in [1.82, 2.24) is 4.98 Å². The number of aromatic nitrogens is 1. The molecule has 0 radical (unpaired) electrons. The van der Waals surface area contributed by atoms with Crippen LogP contribution < -0.4 is 5.32 Å². The van der Waals surface area contributed by atoms with Gasteiger partial charge in [0.25, 0.3) is 0 Å². The fourth-order valence-electron chi connectivity index (χ4n) is 2.14. The molecular formula is C12H12BrN3O. The van der Waals surface area contributed by atoms with Crippen LogP contribution in [0.25, 0.3) is 0 Å². The number of anilines is 1. The van der Waals surface area contributed by atoms with E-state index in [0.717, 1.165) is 4.47 Å². The molecule has 1 aliphatic carbocycles. The molecule has 1 fully saturated rings. The van der Waals surface area contributed by atoms with Gasteiger partial charge in [-0.15, -0.1) is 0 Å². The smallest absolute Gasteiger partial charge is 0.246 e. The molecule has 88 valence electrons. The lowest BCUT2D eigenvalue weighted by molar-refractivity contribution is -0.128. The molecule has 1 saturated carbocycles. The predicted molar refractivity (Wildman–Crippen MR) is 67.0 cm³/mol. The van der Waals surface area contributed by atoms with E-state index in [-0.39, 0.29) is 5.91 Å². The van der Waals surface area contributed by atoms with Crippen LogP contribution in [0.4, 0.5) is 5.82 Å². The summed E-state index contributed by atoms with van der Waals surface area (Å²) < 4.78 is 0.850. The normalized spacial score (nSPS) is 26.8. The first-order chi connectivity index (χ1) is 8.05. The average molecular weight is 294 g/mol.